The van der Waals surface area contributed by atoms with E-state index in [1.807, 2.05) is 26.8 Å². The Morgan fingerprint density at radius 2 is 2.05 bits per heavy atom. The van der Waals surface area contributed by atoms with Gasteiger partial charge in [0.25, 0.3) is 0 Å². The number of carbonyl (C=O) groups is 1. The molecule has 0 aromatic heterocycles. The number of aliphatic hydroxyl groups is 1. The lowest BCUT2D eigenvalue weighted by Gasteiger charge is -2.16. The van der Waals surface area contributed by atoms with Crippen LogP contribution in [0.3, 0.4) is 0 Å². The molecule has 1 aromatic carbocycles. The van der Waals surface area contributed by atoms with Crippen molar-refractivity contribution in [2.24, 2.45) is 0 Å². The largest absolute Gasteiger partial charge is 0.490 e. The highest BCUT2D eigenvalue weighted by atomic mass is 79.9. The van der Waals surface area contributed by atoms with Gasteiger partial charge >= 0.3 is 0 Å². The summed E-state index contributed by atoms with van der Waals surface area (Å²) in [4.78, 5) is 11.0. The summed E-state index contributed by atoms with van der Waals surface area (Å²) in [5, 5.41) is 9.72. The lowest BCUT2D eigenvalue weighted by Crippen LogP contribution is -2.25. The first-order chi connectivity index (χ1) is 8.93. The first-order valence-electron chi connectivity index (χ1n) is 6.11. The lowest BCUT2D eigenvalue weighted by atomic mass is 10.1. The van der Waals surface area contributed by atoms with E-state index in [2.05, 4.69) is 15.9 Å². The second-order valence-electron chi connectivity index (χ2n) is 4.61. The Labute approximate surface area is 121 Å². The smallest absolute Gasteiger partial charge is 0.153 e. The number of hydrogen-bond acceptors (Lipinski definition) is 4. The number of aliphatic hydroxyl groups excluding tert-OH is 1. The van der Waals surface area contributed by atoms with Gasteiger partial charge in [-0.15, -0.1) is 0 Å². The molecule has 0 heterocycles. The SMILES string of the molecule is Cc1cc(Br)cc(C=O)c1OCC(O)COC(C)C. The number of hydrogen-bond donors (Lipinski definition) is 1. The standard InChI is InChI=1S/C14H19BrO4/c1-9(2)18-7-13(17)8-19-14-10(3)4-12(15)5-11(14)6-16/h4-6,9,13,17H,7-8H2,1-3H3. The molecular weight excluding hydrogens is 312 g/mol. The van der Waals surface area contributed by atoms with Crippen LogP contribution in [0.1, 0.15) is 29.8 Å². The Morgan fingerprint density at radius 3 is 2.63 bits per heavy atom. The van der Waals surface area contributed by atoms with Gasteiger partial charge in [0.05, 0.1) is 18.3 Å². The highest BCUT2D eigenvalue weighted by molar-refractivity contribution is 9.10. The zero-order valence-corrected chi connectivity index (χ0v) is 12.9. The van der Waals surface area contributed by atoms with E-state index in [-0.39, 0.29) is 19.3 Å². The average molecular weight is 331 g/mol. The molecule has 0 saturated heterocycles. The van der Waals surface area contributed by atoms with Gasteiger partial charge < -0.3 is 14.6 Å². The minimum atomic E-state index is -0.718. The monoisotopic (exact) mass is 330 g/mol. The summed E-state index contributed by atoms with van der Waals surface area (Å²) in [7, 11) is 0. The van der Waals surface area contributed by atoms with Gasteiger partial charge in [0, 0.05) is 4.47 Å². The van der Waals surface area contributed by atoms with E-state index < -0.39 is 6.10 Å². The van der Waals surface area contributed by atoms with Crippen LogP contribution in [0, 0.1) is 6.92 Å². The predicted molar refractivity (Wildman–Crippen MR) is 76.9 cm³/mol. The number of ether oxygens (including phenoxy) is 2. The van der Waals surface area contributed by atoms with Gasteiger partial charge in [-0.05, 0) is 38.5 Å². The first kappa shape index (κ1) is 16.1. The Kier molecular flexibility index (Phi) is 6.48. The molecule has 0 aliphatic rings. The van der Waals surface area contributed by atoms with Crippen LogP contribution in [0.15, 0.2) is 16.6 Å². The summed E-state index contributed by atoms with van der Waals surface area (Å²) in [5.41, 5.74) is 1.30. The number of carbonyl (C=O) groups excluding carboxylic acids is 1. The Hall–Kier alpha value is -0.910. The number of benzene rings is 1. The highest BCUT2D eigenvalue weighted by Crippen LogP contribution is 2.27. The van der Waals surface area contributed by atoms with Crippen LogP contribution in [-0.2, 0) is 4.74 Å². The molecule has 0 radical (unpaired) electrons. The van der Waals surface area contributed by atoms with E-state index in [4.69, 9.17) is 9.47 Å². The van der Waals surface area contributed by atoms with E-state index in [1.54, 1.807) is 6.07 Å². The molecule has 0 saturated carbocycles. The molecule has 1 aromatic rings. The highest BCUT2D eigenvalue weighted by Gasteiger charge is 2.12. The van der Waals surface area contributed by atoms with Crippen molar-refractivity contribution in [1.29, 1.82) is 0 Å². The zero-order valence-electron chi connectivity index (χ0n) is 11.4. The molecule has 106 valence electrons. The van der Waals surface area contributed by atoms with Gasteiger partial charge in [-0.3, -0.25) is 4.79 Å². The lowest BCUT2D eigenvalue weighted by molar-refractivity contribution is -0.0124. The topological polar surface area (TPSA) is 55.8 Å². The molecule has 1 unspecified atom stereocenters. The molecule has 0 bridgehead atoms. The third-order valence-electron chi connectivity index (χ3n) is 2.44. The second kappa shape index (κ2) is 7.62. The zero-order chi connectivity index (χ0) is 14.4. The van der Waals surface area contributed by atoms with E-state index in [9.17, 15) is 9.90 Å². The van der Waals surface area contributed by atoms with Crippen molar-refractivity contribution < 1.29 is 19.4 Å². The van der Waals surface area contributed by atoms with Gasteiger partial charge in [-0.25, -0.2) is 0 Å². The maximum Gasteiger partial charge on any atom is 0.153 e. The molecule has 0 aliphatic carbocycles. The van der Waals surface area contributed by atoms with Crippen molar-refractivity contribution in [3.8, 4) is 5.75 Å². The fourth-order valence-electron chi connectivity index (χ4n) is 1.57. The fourth-order valence-corrected chi connectivity index (χ4v) is 2.16. The predicted octanol–water partition coefficient (Wildman–Crippen LogP) is 2.73. The van der Waals surface area contributed by atoms with Crippen molar-refractivity contribution in [2.45, 2.75) is 33.0 Å². The van der Waals surface area contributed by atoms with Gasteiger partial charge in [0.15, 0.2) is 6.29 Å². The van der Waals surface area contributed by atoms with Crippen LogP contribution >= 0.6 is 15.9 Å². The summed E-state index contributed by atoms with van der Waals surface area (Å²) in [6.07, 6.45) is 0.0870. The average Bonchev–Trinajstić information content (AvgIpc) is 2.34. The molecule has 1 rings (SSSR count). The summed E-state index contributed by atoms with van der Waals surface area (Å²) < 4.78 is 11.6. The minimum absolute atomic E-state index is 0.0644. The molecule has 1 atom stereocenters. The third kappa shape index (κ3) is 5.30. The van der Waals surface area contributed by atoms with Gasteiger partial charge in [0.1, 0.15) is 18.5 Å². The van der Waals surface area contributed by atoms with E-state index in [1.165, 1.54) is 0 Å². The van der Waals surface area contributed by atoms with Crippen LogP contribution in [0.4, 0.5) is 0 Å². The molecule has 1 N–H and O–H groups in total. The van der Waals surface area contributed by atoms with Crippen LogP contribution in [-0.4, -0.2) is 36.8 Å². The Balaban J connectivity index is 2.64. The van der Waals surface area contributed by atoms with Crippen molar-refractivity contribution in [3.05, 3.63) is 27.7 Å². The van der Waals surface area contributed by atoms with Crippen LogP contribution < -0.4 is 4.74 Å². The quantitative estimate of drug-likeness (QED) is 0.781. The Bertz CT molecular complexity index is 432. The molecule has 0 aliphatic heterocycles. The maximum absolute atomic E-state index is 11.0. The number of aldehydes is 1. The second-order valence-corrected chi connectivity index (χ2v) is 5.52. The molecule has 4 nitrogen and oxygen atoms in total. The van der Waals surface area contributed by atoms with Crippen LogP contribution in [0.25, 0.3) is 0 Å². The normalized spacial score (nSPS) is 12.5. The first-order valence-corrected chi connectivity index (χ1v) is 6.91. The van der Waals surface area contributed by atoms with Crippen molar-refractivity contribution >= 4 is 22.2 Å². The summed E-state index contributed by atoms with van der Waals surface area (Å²) in [6, 6.07) is 3.55. The summed E-state index contributed by atoms with van der Waals surface area (Å²) in [6.45, 7) is 5.96. The van der Waals surface area contributed by atoms with Crippen molar-refractivity contribution in [1.82, 2.24) is 0 Å². The van der Waals surface area contributed by atoms with E-state index in [0.29, 0.717) is 11.3 Å². The summed E-state index contributed by atoms with van der Waals surface area (Å²) >= 11 is 3.32. The molecule has 19 heavy (non-hydrogen) atoms. The fraction of sp³-hybridized carbons (Fsp3) is 0.500. The van der Waals surface area contributed by atoms with E-state index >= 15 is 0 Å². The molecule has 5 heteroatoms. The van der Waals surface area contributed by atoms with Crippen molar-refractivity contribution in [2.75, 3.05) is 13.2 Å². The number of aryl methyl sites for hydroxylation is 1. The van der Waals surface area contributed by atoms with Gasteiger partial charge in [-0.1, -0.05) is 15.9 Å². The van der Waals surface area contributed by atoms with Gasteiger partial charge in [-0.2, -0.15) is 0 Å². The number of rotatable bonds is 7. The maximum atomic E-state index is 11.0. The van der Waals surface area contributed by atoms with Gasteiger partial charge in [0.2, 0.25) is 0 Å². The van der Waals surface area contributed by atoms with Crippen molar-refractivity contribution in [3.63, 3.8) is 0 Å². The minimum Gasteiger partial charge on any atom is -0.490 e. The summed E-state index contributed by atoms with van der Waals surface area (Å²) in [5.74, 6) is 0.502. The van der Waals surface area contributed by atoms with E-state index in [0.717, 1.165) is 16.3 Å². The molecular formula is C14H19BrO4. The Morgan fingerprint density at radius 1 is 1.37 bits per heavy atom. The number of halogens is 1. The molecule has 0 fully saturated rings. The van der Waals surface area contributed by atoms with Crippen LogP contribution in [0.2, 0.25) is 0 Å². The molecule has 0 spiro atoms. The molecule has 0 amide bonds. The van der Waals surface area contributed by atoms with Crippen LogP contribution in [0.5, 0.6) is 5.75 Å². The third-order valence-corrected chi connectivity index (χ3v) is 2.89.